The van der Waals surface area contributed by atoms with Crippen molar-refractivity contribution in [2.45, 2.75) is 32.7 Å². The van der Waals surface area contributed by atoms with E-state index in [2.05, 4.69) is 0 Å². The first-order valence-electron chi connectivity index (χ1n) is 5.51. The summed E-state index contributed by atoms with van der Waals surface area (Å²) in [7, 11) is 1.77. The molecule has 0 aliphatic heterocycles. The highest BCUT2D eigenvalue weighted by Crippen LogP contribution is 2.10. The van der Waals surface area contributed by atoms with Crippen LogP contribution in [0.4, 0.5) is 4.39 Å². The van der Waals surface area contributed by atoms with E-state index < -0.39 is 0 Å². The first kappa shape index (κ1) is 12.7. The average molecular weight is 223 g/mol. The lowest BCUT2D eigenvalue weighted by Gasteiger charge is -2.21. The predicted octanol–water partition coefficient (Wildman–Crippen LogP) is 2.63. The van der Waals surface area contributed by atoms with Crippen molar-refractivity contribution < 1.29 is 9.18 Å². The monoisotopic (exact) mass is 223 g/mol. The van der Waals surface area contributed by atoms with Crippen LogP contribution in [0, 0.1) is 5.82 Å². The van der Waals surface area contributed by atoms with Crippen LogP contribution in [0.3, 0.4) is 0 Å². The number of carbonyl (C=O) groups excluding carboxylic acids is 1. The minimum Gasteiger partial charge on any atom is -0.343 e. The number of benzene rings is 1. The number of halogens is 1. The molecule has 0 unspecified atom stereocenters. The lowest BCUT2D eigenvalue weighted by molar-refractivity contribution is -0.131. The van der Waals surface area contributed by atoms with Gasteiger partial charge in [0.15, 0.2) is 0 Å². The Hall–Kier alpha value is -1.38. The smallest absolute Gasteiger partial charge is 0.222 e. The fourth-order valence-corrected chi connectivity index (χ4v) is 1.41. The topological polar surface area (TPSA) is 20.3 Å². The molecule has 0 aliphatic carbocycles. The summed E-state index contributed by atoms with van der Waals surface area (Å²) in [5.41, 5.74) is 0.605. The number of hydrogen-bond donors (Lipinski definition) is 0. The van der Waals surface area contributed by atoms with Gasteiger partial charge in [-0.05, 0) is 31.9 Å². The second-order valence-electron chi connectivity index (χ2n) is 4.19. The van der Waals surface area contributed by atoms with Gasteiger partial charge in [0.25, 0.3) is 0 Å². The van der Waals surface area contributed by atoms with Crippen LogP contribution in [0.15, 0.2) is 24.3 Å². The molecule has 0 saturated heterocycles. The van der Waals surface area contributed by atoms with Crippen LogP contribution < -0.4 is 0 Å². The van der Waals surface area contributed by atoms with E-state index in [4.69, 9.17) is 0 Å². The molecular weight excluding hydrogens is 205 g/mol. The van der Waals surface area contributed by atoms with Crippen molar-refractivity contribution in [3.8, 4) is 0 Å². The molecule has 0 radical (unpaired) electrons. The molecule has 0 saturated carbocycles. The molecule has 0 N–H and O–H groups in total. The first-order valence-corrected chi connectivity index (χ1v) is 5.51. The van der Waals surface area contributed by atoms with E-state index >= 15 is 0 Å². The summed E-state index contributed by atoms with van der Waals surface area (Å²) in [6.45, 7) is 3.92. The van der Waals surface area contributed by atoms with E-state index in [-0.39, 0.29) is 17.8 Å². The Morgan fingerprint density at radius 2 is 2.00 bits per heavy atom. The Morgan fingerprint density at radius 3 is 2.56 bits per heavy atom. The highest BCUT2D eigenvalue weighted by Gasteiger charge is 2.12. The molecular formula is C13H18FNO. The normalized spacial score (nSPS) is 10.6. The lowest BCUT2D eigenvalue weighted by atomic mass is 10.1. The quantitative estimate of drug-likeness (QED) is 0.768. The Bertz CT molecular complexity index is 363. The fourth-order valence-electron chi connectivity index (χ4n) is 1.41. The molecule has 1 amide bonds. The summed E-state index contributed by atoms with van der Waals surface area (Å²) >= 11 is 0. The van der Waals surface area contributed by atoms with E-state index in [1.165, 1.54) is 6.07 Å². The Kier molecular flexibility index (Phi) is 4.47. The highest BCUT2D eigenvalue weighted by molar-refractivity contribution is 5.76. The standard InChI is InChI=1S/C13H18FNO/c1-10(2)15(3)13(16)9-8-11-6-4-5-7-12(11)14/h4-7,10H,8-9H2,1-3H3. The second kappa shape index (κ2) is 5.64. The number of rotatable bonds is 4. The molecule has 0 heterocycles. The maximum Gasteiger partial charge on any atom is 0.222 e. The number of aryl methyl sites for hydroxylation is 1. The van der Waals surface area contributed by atoms with Crippen LogP contribution in [-0.2, 0) is 11.2 Å². The van der Waals surface area contributed by atoms with Crippen molar-refractivity contribution in [3.63, 3.8) is 0 Å². The van der Waals surface area contributed by atoms with E-state index in [1.54, 1.807) is 30.1 Å². The third-order valence-electron chi connectivity index (χ3n) is 2.73. The van der Waals surface area contributed by atoms with Gasteiger partial charge in [0.05, 0.1) is 0 Å². The average Bonchev–Trinajstić information content (AvgIpc) is 2.26. The zero-order chi connectivity index (χ0) is 12.1. The van der Waals surface area contributed by atoms with E-state index in [1.807, 2.05) is 13.8 Å². The fraction of sp³-hybridized carbons (Fsp3) is 0.462. The summed E-state index contributed by atoms with van der Waals surface area (Å²) in [6.07, 6.45) is 0.818. The Labute approximate surface area is 96.1 Å². The van der Waals surface area contributed by atoms with Crippen molar-refractivity contribution in [1.29, 1.82) is 0 Å². The molecule has 0 aliphatic rings. The first-order chi connectivity index (χ1) is 7.52. The van der Waals surface area contributed by atoms with Gasteiger partial charge in [-0.2, -0.15) is 0 Å². The predicted molar refractivity (Wildman–Crippen MR) is 62.6 cm³/mol. The molecule has 0 fully saturated rings. The minimum atomic E-state index is -0.234. The van der Waals surface area contributed by atoms with Crippen LogP contribution in [-0.4, -0.2) is 23.9 Å². The van der Waals surface area contributed by atoms with Crippen molar-refractivity contribution in [3.05, 3.63) is 35.6 Å². The lowest BCUT2D eigenvalue weighted by Crippen LogP contribution is -2.33. The molecule has 88 valence electrons. The van der Waals surface area contributed by atoms with Crippen molar-refractivity contribution in [2.75, 3.05) is 7.05 Å². The summed E-state index contributed by atoms with van der Waals surface area (Å²) < 4.78 is 13.3. The molecule has 16 heavy (non-hydrogen) atoms. The number of carbonyl (C=O) groups is 1. The van der Waals surface area contributed by atoms with Gasteiger partial charge in [0, 0.05) is 19.5 Å². The van der Waals surface area contributed by atoms with Gasteiger partial charge in [-0.1, -0.05) is 18.2 Å². The maximum absolute atomic E-state index is 13.3. The summed E-state index contributed by atoms with van der Waals surface area (Å²) in [5, 5.41) is 0. The van der Waals surface area contributed by atoms with Crippen molar-refractivity contribution >= 4 is 5.91 Å². The van der Waals surface area contributed by atoms with Crippen molar-refractivity contribution in [1.82, 2.24) is 4.90 Å². The zero-order valence-corrected chi connectivity index (χ0v) is 10.0. The van der Waals surface area contributed by atoms with Crippen LogP contribution in [0.1, 0.15) is 25.8 Å². The molecule has 0 spiro atoms. The molecule has 0 aromatic heterocycles. The summed E-state index contributed by atoms with van der Waals surface area (Å²) in [4.78, 5) is 13.4. The van der Waals surface area contributed by atoms with Crippen LogP contribution in [0.25, 0.3) is 0 Å². The van der Waals surface area contributed by atoms with Crippen LogP contribution >= 0.6 is 0 Å². The second-order valence-corrected chi connectivity index (χ2v) is 4.19. The third kappa shape index (κ3) is 3.33. The largest absolute Gasteiger partial charge is 0.343 e. The molecule has 1 aromatic rings. The van der Waals surface area contributed by atoms with E-state index in [9.17, 15) is 9.18 Å². The highest BCUT2D eigenvalue weighted by atomic mass is 19.1. The summed E-state index contributed by atoms with van der Waals surface area (Å²) in [5.74, 6) is -0.180. The number of amides is 1. The SMILES string of the molecule is CC(C)N(C)C(=O)CCc1ccccc1F. The Balaban J connectivity index is 2.52. The molecule has 2 nitrogen and oxygen atoms in total. The molecule has 0 bridgehead atoms. The van der Waals surface area contributed by atoms with Gasteiger partial charge in [0.2, 0.25) is 5.91 Å². The van der Waals surface area contributed by atoms with Gasteiger partial charge in [-0.3, -0.25) is 4.79 Å². The maximum atomic E-state index is 13.3. The zero-order valence-electron chi connectivity index (χ0n) is 10.0. The van der Waals surface area contributed by atoms with Gasteiger partial charge < -0.3 is 4.90 Å². The Morgan fingerprint density at radius 1 is 1.38 bits per heavy atom. The third-order valence-corrected chi connectivity index (χ3v) is 2.73. The minimum absolute atomic E-state index is 0.0539. The van der Waals surface area contributed by atoms with Gasteiger partial charge in [-0.15, -0.1) is 0 Å². The molecule has 0 atom stereocenters. The van der Waals surface area contributed by atoms with Crippen molar-refractivity contribution in [2.24, 2.45) is 0 Å². The molecule has 1 rings (SSSR count). The van der Waals surface area contributed by atoms with Gasteiger partial charge >= 0.3 is 0 Å². The molecule has 1 aromatic carbocycles. The van der Waals surface area contributed by atoms with E-state index in [0.717, 1.165) is 0 Å². The molecule has 3 heteroatoms. The van der Waals surface area contributed by atoms with Crippen LogP contribution in [0.2, 0.25) is 0 Å². The van der Waals surface area contributed by atoms with E-state index in [0.29, 0.717) is 18.4 Å². The number of hydrogen-bond acceptors (Lipinski definition) is 1. The van der Waals surface area contributed by atoms with Gasteiger partial charge in [-0.25, -0.2) is 4.39 Å². The van der Waals surface area contributed by atoms with Gasteiger partial charge in [0.1, 0.15) is 5.82 Å². The van der Waals surface area contributed by atoms with Crippen LogP contribution in [0.5, 0.6) is 0 Å². The number of nitrogens with zero attached hydrogens (tertiary/aromatic N) is 1. The summed E-state index contributed by atoms with van der Waals surface area (Å²) in [6, 6.07) is 6.77.